The fourth-order valence-electron chi connectivity index (χ4n) is 3.98. The van der Waals surface area contributed by atoms with Crippen molar-refractivity contribution in [1.82, 2.24) is 10.2 Å². The van der Waals surface area contributed by atoms with Gasteiger partial charge >= 0.3 is 0 Å². The van der Waals surface area contributed by atoms with Gasteiger partial charge in [0.05, 0.1) is 0 Å². The Morgan fingerprint density at radius 2 is 1.68 bits per heavy atom. The average molecular weight is 423 g/mol. The van der Waals surface area contributed by atoms with Gasteiger partial charge in [0.15, 0.2) is 6.61 Å². The van der Waals surface area contributed by atoms with Gasteiger partial charge in [-0.3, -0.25) is 9.59 Å². The molecule has 2 amide bonds. The summed E-state index contributed by atoms with van der Waals surface area (Å²) in [4.78, 5) is 27.7. The molecule has 0 unspecified atom stereocenters. The van der Waals surface area contributed by atoms with Crippen LogP contribution in [0.15, 0.2) is 54.6 Å². The largest absolute Gasteiger partial charge is 0.484 e. The number of carbonyl (C=O) groups is 2. The smallest absolute Gasteiger partial charge is 0.261 e. The van der Waals surface area contributed by atoms with Crippen LogP contribution in [0.25, 0.3) is 0 Å². The molecule has 166 valence electrons. The van der Waals surface area contributed by atoms with E-state index in [9.17, 15) is 9.59 Å². The summed E-state index contributed by atoms with van der Waals surface area (Å²) in [6.07, 6.45) is 6.52. The number of hydrogen-bond donors (Lipinski definition) is 1. The summed E-state index contributed by atoms with van der Waals surface area (Å²) in [6, 6.07) is 17.2. The van der Waals surface area contributed by atoms with Crippen LogP contribution in [0.3, 0.4) is 0 Å². The highest BCUT2D eigenvalue weighted by Crippen LogP contribution is 2.18. The van der Waals surface area contributed by atoms with E-state index in [4.69, 9.17) is 4.74 Å². The van der Waals surface area contributed by atoms with Gasteiger partial charge in [0.25, 0.3) is 5.91 Å². The number of ether oxygens (including phenoxy) is 1. The third-order valence-electron chi connectivity index (χ3n) is 6.01. The summed E-state index contributed by atoms with van der Waals surface area (Å²) in [5.41, 5.74) is 2.21. The molecule has 0 saturated heterocycles. The van der Waals surface area contributed by atoms with Crippen LogP contribution in [0.2, 0.25) is 0 Å². The van der Waals surface area contributed by atoms with Crippen LogP contribution in [-0.4, -0.2) is 35.4 Å². The predicted molar refractivity (Wildman–Crippen MR) is 123 cm³/mol. The number of benzene rings is 2. The molecule has 0 bridgehead atoms. The Kier molecular flexibility index (Phi) is 8.51. The number of carbonyl (C=O) groups excluding carboxylic acids is 2. The van der Waals surface area contributed by atoms with E-state index in [2.05, 4.69) is 12.2 Å². The topological polar surface area (TPSA) is 58.6 Å². The van der Waals surface area contributed by atoms with Gasteiger partial charge in [0, 0.05) is 12.6 Å². The lowest BCUT2D eigenvalue weighted by atomic mass is 9.95. The summed E-state index contributed by atoms with van der Waals surface area (Å²) >= 11 is 0. The molecule has 5 nitrogen and oxygen atoms in total. The normalized spacial score (nSPS) is 15.2. The highest BCUT2D eigenvalue weighted by Gasteiger charge is 2.28. The first-order valence-electron chi connectivity index (χ1n) is 11.4. The third kappa shape index (κ3) is 6.84. The molecule has 3 rings (SSSR count). The van der Waals surface area contributed by atoms with E-state index in [-0.39, 0.29) is 24.5 Å². The van der Waals surface area contributed by atoms with E-state index in [0.29, 0.717) is 12.3 Å². The molecule has 2 aromatic rings. The van der Waals surface area contributed by atoms with Crippen molar-refractivity contribution in [3.8, 4) is 5.75 Å². The van der Waals surface area contributed by atoms with Crippen molar-refractivity contribution in [2.24, 2.45) is 0 Å². The lowest BCUT2D eigenvalue weighted by Gasteiger charge is -2.31. The minimum absolute atomic E-state index is 0.0940. The van der Waals surface area contributed by atoms with Crippen molar-refractivity contribution < 1.29 is 14.3 Å². The van der Waals surface area contributed by atoms with Crippen molar-refractivity contribution in [2.45, 2.75) is 71.0 Å². The molecule has 0 radical (unpaired) electrons. The van der Waals surface area contributed by atoms with E-state index in [0.717, 1.165) is 37.7 Å². The number of hydrogen-bond acceptors (Lipinski definition) is 3. The lowest BCUT2D eigenvalue weighted by molar-refractivity contribution is -0.142. The van der Waals surface area contributed by atoms with Crippen LogP contribution in [0.5, 0.6) is 5.75 Å². The van der Waals surface area contributed by atoms with Crippen molar-refractivity contribution in [1.29, 1.82) is 0 Å². The maximum absolute atomic E-state index is 13.1. The first-order valence-corrected chi connectivity index (χ1v) is 11.4. The summed E-state index contributed by atoms with van der Waals surface area (Å²) < 4.78 is 5.74. The Bertz CT molecular complexity index is 829. The molecule has 0 spiro atoms. The molecule has 31 heavy (non-hydrogen) atoms. The summed E-state index contributed by atoms with van der Waals surface area (Å²) in [5, 5.41) is 3.15. The molecule has 5 heteroatoms. The molecule has 1 atom stereocenters. The second kappa shape index (κ2) is 11.5. The standard InChI is InChI=1S/C26H34N2O3/c1-3-21-14-16-24(17-15-21)31-19-25(29)28(18-22-10-6-4-7-11-22)20(2)26(30)27-23-12-8-5-9-13-23/h4,6-7,10-11,14-17,20,23H,3,5,8-9,12-13,18-19H2,1-2H3,(H,27,30)/t20-/m0/s1. The molecule has 1 aliphatic rings. The summed E-state index contributed by atoms with van der Waals surface area (Å²) in [5.74, 6) is 0.364. The molecule has 1 fully saturated rings. The molecule has 1 N–H and O–H groups in total. The second-order valence-corrected chi connectivity index (χ2v) is 8.31. The van der Waals surface area contributed by atoms with E-state index < -0.39 is 6.04 Å². The van der Waals surface area contributed by atoms with Crippen molar-refractivity contribution in [3.05, 3.63) is 65.7 Å². The second-order valence-electron chi connectivity index (χ2n) is 8.31. The van der Waals surface area contributed by atoms with Gasteiger partial charge in [0.2, 0.25) is 5.91 Å². The van der Waals surface area contributed by atoms with Crippen LogP contribution in [0.4, 0.5) is 0 Å². The van der Waals surface area contributed by atoms with Gasteiger partial charge in [-0.2, -0.15) is 0 Å². The van der Waals surface area contributed by atoms with Gasteiger partial charge in [-0.05, 0) is 49.4 Å². The number of aryl methyl sites for hydroxylation is 1. The van der Waals surface area contributed by atoms with E-state index >= 15 is 0 Å². The van der Waals surface area contributed by atoms with Crippen molar-refractivity contribution in [3.63, 3.8) is 0 Å². The summed E-state index contributed by atoms with van der Waals surface area (Å²) in [7, 11) is 0. The van der Waals surface area contributed by atoms with Crippen molar-refractivity contribution in [2.75, 3.05) is 6.61 Å². The quantitative estimate of drug-likeness (QED) is 0.648. The van der Waals surface area contributed by atoms with Gasteiger partial charge < -0.3 is 15.0 Å². The SMILES string of the molecule is CCc1ccc(OCC(=O)N(Cc2ccccc2)[C@@H](C)C(=O)NC2CCCCC2)cc1. The Labute approximate surface area is 185 Å². The Morgan fingerprint density at radius 1 is 1.00 bits per heavy atom. The average Bonchev–Trinajstić information content (AvgIpc) is 2.82. The van der Waals surface area contributed by atoms with Gasteiger partial charge in [-0.1, -0.05) is 68.7 Å². The Hall–Kier alpha value is -2.82. The van der Waals surface area contributed by atoms with E-state index in [1.807, 2.05) is 54.6 Å². The molecular formula is C26H34N2O3. The van der Waals surface area contributed by atoms with Gasteiger partial charge in [-0.25, -0.2) is 0 Å². The van der Waals surface area contributed by atoms with Gasteiger partial charge in [-0.15, -0.1) is 0 Å². The van der Waals surface area contributed by atoms with E-state index in [1.54, 1.807) is 11.8 Å². The fraction of sp³-hybridized carbons (Fsp3) is 0.462. The summed E-state index contributed by atoms with van der Waals surface area (Å²) in [6.45, 7) is 4.17. The number of amides is 2. The van der Waals surface area contributed by atoms with Crippen LogP contribution < -0.4 is 10.1 Å². The number of nitrogens with zero attached hydrogens (tertiary/aromatic N) is 1. The zero-order valence-electron chi connectivity index (χ0n) is 18.7. The molecule has 2 aromatic carbocycles. The molecule has 1 aliphatic carbocycles. The van der Waals surface area contributed by atoms with Crippen LogP contribution >= 0.6 is 0 Å². The van der Waals surface area contributed by atoms with E-state index in [1.165, 1.54) is 12.0 Å². The zero-order chi connectivity index (χ0) is 22.1. The molecule has 1 saturated carbocycles. The van der Waals surface area contributed by atoms with Crippen molar-refractivity contribution >= 4 is 11.8 Å². The highest BCUT2D eigenvalue weighted by molar-refractivity contribution is 5.88. The minimum atomic E-state index is -0.569. The zero-order valence-corrected chi connectivity index (χ0v) is 18.7. The Morgan fingerprint density at radius 3 is 2.32 bits per heavy atom. The Balaban J connectivity index is 1.66. The molecule has 0 aliphatic heterocycles. The molecule has 0 aromatic heterocycles. The maximum Gasteiger partial charge on any atom is 0.261 e. The fourth-order valence-corrected chi connectivity index (χ4v) is 3.98. The highest BCUT2D eigenvalue weighted by atomic mass is 16.5. The first-order chi connectivity index (χ1) is 15.1. The molecular weight excluding hydrogens is 388 g/mol. The van der Waals surface area contributed by atoms with Crippen LogP contribution in [0, 0.1) is 0 Å². The first kappa shape index (κ1) is 22.9. The third-order valence-corrected chi connectivity index (χ3v) is 6.01. The minimum Gasteiger partial charge on any atom is -0.484 e. The van der Waals surface area contributed by atoms with Gasteiger partial charge in [0.1, 0.15) is 11.8 Å². The maximum atomic E-state index is 13.1. The monoisotopic (exact) mass is 422 g/mol. The predicted octanol–water partition coefficient (Wildman–Crippen LogP) is 4.49. The number of nitrogens with one attached hydrogen (secondary N) is 1. The molecule has 0 heterocycles. The van der Waals surface area contributed by atoms with Crippen LogP contribution in [0.1, 0.15) is 57.1 Å². The van der Waals surface area contributed by atoms with Crippen LogP contribution in [-0.2, 0) is 22.6 Å². The lowest BCUT2D eigenvalue weighted by Crippen LogP contribution is -2.51. The number of rotatable bonds is 9.